The molecule has 0 amide bonds. The molecule has 0 saturated carbocycles. The first-order valence-electron chi connectivity index (χ1n) is 7.90. The molecule has 0 heterocycles. The molecule has 2 nitrogen and oxygen atoms in total. The van der Waals surface area contributed by atoms with Crippen molar-refractivity contribution in [2.75, 3.05) is 0 Å². The zero-order valence-electron chi connectivity index (χ0n) is 12.8. The Bertz CT molecular complexity index is 495. The maximum absolute atomic E-state index is 5.82. The maximum Gasteiger partial charge on any atom is 0.0279 e. The third kappa shape index (κ3) is 4.69. The monoisotopic (exact) mass is 282 g/mol. The van der Waals surface area contributed by atoms with Gasteiger partial charge in [0, 0.05) is 12.0 Å². The summed E-state index contributed by atoms with van der Waals surface area (Å²) in [4.78, 5) is 0. The third-order valence-electron chi connectivity index (χ3n) is 4.19. The van der Waals surface area contributed by atoms with Crippen molar-refractivity contribution in [1.29, 1.82) is 0 Å². The van der Waals surface area contributed by atoms with E-state index >= 15 is 0 Å². The van der Waals surface area contributed by atoms with E-state index in [2.05, 4.69) is 73.0 Å². The number of benzene rings is 2. The standard InChI is InChI=1S/C19H26N2/c1-2-18(17-13-7-4-8-14-17)19(21-20)15-9-12-16-10-5-3-6-11-16/h3-8,10-11,13-14,18-19,21H,2,9,12,15,20H2,1H3. The topological polar surface area (TPSA) is 38.0 Å². The number of aryl methyl sites for hydroxylation is 1. The lowest BCUT2D eigenvalue weighted by atomic mass is 9.86. The van der Waals surface area contributed by atoms with Crippen LogP contribution in [0.4, 0.5) is 0 Å². The highest BCUT2D eigenvalue weighted by molar-refractivity contribution is 5.21. The van der Waals surface area contributed by atoms with Gasteiger partial charge in [0.05, 0.1) is 0 Å². The fourth-order valence-corrected chi connectivity index (χ4v) is 3.02. The van der Waals surface area contributed by atoms with Gasteiger partial charge in [0.25, 0.3) is 0 Å². The van der Waals surface area contributed by atoms with Crippen LogP contribution in [0.25, 0.3) is 0 Å². The molecule has 0 bridgehead atoms. The summed E-state index contributed by atoms with van der Waals surface area (Å²) in [5.41, 5.74) is 5.82. The number of nitrogens with two attached hydrogens (primary N) is 1. The molecule has 2 unspecified atom stereocenters. The normalized spacial score (nSPS) is 13.8. The Morgan fingerprint density at radius 1 is 0.952 bits per heavy atom. The van der Waals surface area contributed by atoms with Crippen molar-refractivity contribution in [2.24, 2.45) is 5.84 Å². The highest BCUT2D eigenvalue weighted by atomic mass is 15.2. The molecule has 0 radical (unpaired) electrons. The molecule has 0 aliphatic carbocycles. The summed E-state index contributed by atoms with van der Waals surface area (Å²) in [6.07, 6.45) is 4.47. The lowest BCUT2D eigenvalue weighted by Gasteiger charge is -2.26. The van der Waals surface area contributed by atoms with Gasteiger partial charge in [-0.2, -0.15) is 0 Å². The van der Waals surface area contributed by atoms with Gasteiger partial charge in [0.2, 0.25) is 0 Å². The summed E-state index contributed by atoms with van der Waals surface area (Å²) in [7, 11) is 0. The molecule has 2 aromatic rings. The second-order valence-corrected chi connectivity index (χ2v) is 5.58. The zero-order chi connectivity index (χ0) is 14.9. The van der Waals surface area contributed by atoms with Gasteiger partial charge in [-0.25, -0.2) is 0 Å². The van der Waals surface area contributed by atoms with Crippen molar-refractivity contribution < 1.29 is 0 Å². The van der Waals surface area contributed by atoms with Gasteiger partial charge in [-0.3, -0.25) is 11.3 Å². The Hall–Kier alpha value is -1.64. The average molecular weight is 282 g/mol. The SMILES string of the molecule is CCC(c1ccccc1)C(CCCc1ccccc1)NN. The van der Waals surface area contributed by atoms with Crippen LogP contribution in [0, 0.1) is 0 Å². The third-order valence-corrected chi connectivity index (χ3v) is 4.19. The number of rotatable bonds is 8. The molecule has 0 aliphatic heterocycles. The molecule has 2 atom stereocenters. The second kappa shape index (κ2) is 8.60. The highest BCUT2D eigenvalue weighted by Gasteiger charge is 2.19. The summed E-state index contributed by atoms with van der Waals surface area (Å²) in [5, 5.41) is 0. The number of hydrogen-bond donors (Lipinski definition) is 2. The van der Waals surface area contributed by atoms with Gasteiger partial charge in [0.1, 0.15) is 0 Å². The quantitative estimate of drug-likeness (QED) is 0.566. The molecule has 0 saturated heterocycles. The summed E-state index contributed by atoms with van der Waals surface area (Å²) >= 11 is 0. The van der Waals surface area contributed by atoms with E-state index < -0.39 is 0 Å². The van der Waals surface area contributed by atoms with Crippen LogP contribution < -0.4 is 11.3 Å². The number of hydrogen-bond acceptors (Lipinski definition) is 2. The van der Waals surface area contributed by atoms with Crippen molar-refractivity contribution in [3.63, 3.8) is 0 Å². The fourth-order valence-electron chi connectivity index (χ4n) is 3.02. The number of nitrogens with one attached hydrogen (secondary N) is 1. The van der Waals surface area contributed by atoms with Crippen LogP contribution in [0.15, 0.2) is 60.7 Å². The van der Waals surface area contributed by atoms with E-state index in [0.29, 0.717) is 12.0 Å². The largest absolute Gasteiger partial charge is 0.271 e. The van der Waals surface area contributed by atoms with Crippen molar-refractivity contribution >= 4 is 0 Å². The van der Waals surface area contributed by atoms with Crippen LogP contribution in [0.5, 0.6) is 0 Å². The molecule has 0 spiro atoms. The Kier molecular flexibility index (Phi) is 6.45. The Morgan fingerprint density at radius 3 is 2.14 bits per heavy atom. The molecule has 0 aromatic heterocycles. The first-order chi connectivity index (χ1) is 10.3. The Morgan fingerprint density at radius 2 is 1.57 bits per heavy atom. The van der Waals surface area contributed by atoms with Gasteiger partial charge in [-0.05, 0) is 36.8 Å². The zero-order valence-corrected chi connectivity index (χ0v) is 12.8. The predicted molar refractivity (Wildman–Crippen MR) is 90.0 cm³/mol. The van der Waals surface area contributed by atoms with E-state index in [4.69, 9.17) is 5.84 Å². The van der Waals surface area contributed by atoms with Gasteiger partial charge < -0.3 is 0 Å². The lowest BCUT2D eigenvalue weighted by molar-refractivity contribution is 0.397. The Labute approximate surface area is 128 Å². The van der Waals surface area contributed by atoms with E-state index in [1.165, 1.54) is 11.1 Å². The van der Waals surface area contributed by atoms with Crippen molar-refractivity contribution in [1.82, 2.24) is 5.43 Å². The highest BCUT2D eigenvalue weighted by Crippen LogP contribution is 2.25. The van der Waals surface area contributed by atoms with E-state index in [9.17, 15) is 0 Å². The summed E-state index contributed by atoms with van der Waals surface area (Å²) < 4.78 is 0. The number of hydrazine groups is 1. The van der Waals surface area contributed by atoms with Crippen molar-refractivity contribution in [2.45, 2.75) is 44.6 Å². The van der Waals surface area contributed by atoms with Gasteiger partial charge in [-0.1, -0.05) is 67.6 Å². The first kappa shape index (κ1) is 15.7. The second-order valence-electron chi connectivity index (χ2n) is 5.58. The molecule has 2 rings (SSSR count). The molecule has 0 fully saturated rings. The van der Waals surface area contributed by atoms with E-state index in [1.807, 2.05) is 0 Å². The predicted octanol–water partition coefficient (Wildman–Crippen LogP) is 4.04. The van der Waals surface area contributed by atoms with Crippen LogP contribution in [-0.4, -0.2) is 6.04 Å². The summed E-state index contributed by atoms with van der Waals surface area (Å²) in [6.45, 7) is 2.24. The van der Waals surface area contributed by atoms with Crippen LogP contribution in [0.1, 0.15) is 43.2 Å². The summed E-state index contributed by atoms with van der Waals surface area (Å²) in [6, 6.07) is 21.7. The van der Waals surface area contributed by atoms with Crippen LogP contribution in [0.2, 0.25) is 0 Å². The van der Waals surface area contributed by atoms with E-state index in [-0.39, 0.29) is 0 Å². The molecule has 21 heavy (non-hydrogen) atoms. The smallest absolute Gasteiger partial charge is 0.0279 e. The van der Waals surface area contributed by atoms with Gasteiger partial charge in [-0.15, -0.1) is 0 Å². The molecule has 112 valence electrons. The van der Waals surface area contributed by atoms with Crippen molar-refractivity contribution in [3.8, 4) is 0 Å². The van der Waals surface area contributed by atoms with Gasteiger partial charge >= 0.3 is 0 Å². The minimum absolute atomic E-state index is 0.334. The van der Waals surface area contributed by atoms with E-state index in [0.717, 1.165) is 25.7 Å². The molecule has 2 aromatic carbocycles. The van der Waals surface area contributed by atoms with Gasteiger partial charge in [0.15, 0.2) is 0 Å². The average Bonchev–Trinajstić information content (AvgIpc) is 2.56. The lowest BCUT2D eigenvalue weighted by Crippen LogP contribution is -2.39. The van der Waals surface area contributed by atoms with Crippen molar-refractivity contribution in [3.05, 3.63) is 71.8 Å². The fraction of sp³-hybridized carbons (Fsp3) is 0.368. The molecule has 2 heteroatoms. The molecular weight excluding hydrogens is 256 g/mol. The van der Waals surface area contributed by atoms with E-state index in [1.54, 1.807) is 0 Å². The minimum Gasteiger partial charge on any atom is -0.271 e. The molecule has 3 N–H and O–H groups in total. The van der Waals surface area contributed by atoms with Crippen LogP contribution >= 0.6 is 0 Å². The van der Waals surface area contributed by atoms with Crippen LogP contribution in [0.3, 0.4) is 0 Å². The maximum atomic E-state index is 5.82. The van der Waals surface area contributed by atoms with Crippen LogP contribution in [-0.2, 0) is 6.42 Å². The molecule has 0 aliphatic rings. The summed E-state index contributed by atoms with van der Waals surface area (Å²) in [5.74, 6) is 6.29. The first-order valence-corrected chi connectivity index (χ1v) is 7.90. The molecular formula is C19H26N2. The minimum atomic E-state index is 0.334. The Balaban J connectivity index is 1.92.